The summed E-state index contributed by atoms with van der Waals surface area (Å²) in [6.07, 6.45) is 0. The fourth-order valence-corrected chi connectivity index (χ4v) is 5.94. The van der Waals surface area contributed by atoms with Gasteiger partial charge in [0, 0.05) is 4.88 Å². The van der Waals surface area contributed by atoms with Gasteiger partial charge >= 0.3 is 0 Å². The molecule has 82 valence electrons. The zero-order valence-electron chi connectivity index (χ0n) is 9.29. The van der Waals surface area contributed by atoms with E-state index in [0.717, 1.165) is 0 Å². The van der Waals surface area contributed by atoms with Crippen molar-refractivity contribution in [1.82, 2.24) is 0 Å². The van der Waals surface area contributed by atoms with Gasteiger partial charge < -0.3 is 0 Å². The summed E-state index contributed by atoms with van der Waals surface area (Å²) < 4.78 is 2.69. The minimum Gasteiger partial charge on any atom is -0.265 e. The standard InChI is InChI=1S/C11H14OS3/c1-5(2)7-8(6(3)4)13-10-9(7)14-11(12)15-10/h5-6H,1-4H3. The molecule has 0 saturated heterocycles. The van der Waals surface area contributed by atoms with Gasteiger partial charge in [-0.2, -0.15) is 0 Å². The summed E-state index contributed by atoms with van der Waals surface area (Å²) in [6.45, 7) is 8.87. The van der Waals surface area contributed by atoms with Crippen LogP contribution in [0.25, 0.3) is 8.71 Å². The normalized spacial score (nSPS) is 12.1. The predicted molar refractivity (Wildman–Crippen MR) is 72.0 cm³/mol. The molecule has 15 heavy (non-hydrogen) atoms. The van der Waals surface area contributed by atoms with Gasteiger partial charge in [-0.1, -0.05) is 50.4 Å². The lowest BCUT2D eigenvalue weighted by Crippen LogP contribution is -1.93. The summed E-state index contributed by atoms with van der Waals surface area (Å²) >= 11 is 4.63. The van der Waals surface area contributed by atoms with Crippen LogP contribution in [-0.4, -0.2) is 0 Å². The minimum absolute atomic E-state index is 0.230. The molecule has 0 bridgehead atoms. The van der Waals surface area contributed by atoms with E-state index in [-0.39, 0.29) is 4.06 Å². The molecule has 2 rings (SSSR count). The first kappa shape index (κ1) is 11.3. The molecule has 0 unspecified atom stereocenters. The third-order valence-electron chi connectivity index (χ3n) is 2.36. The highest BCUT2D eigenvalue weighted by atomic mass is 32.2. The molecule has 0 saturated carbocycles. The van der Waals surface area contributed by atoms with Crippen LogP contribution < -0.4 is 4.06 Å². The van der Waals surface area contributed by atoms with Gasteiger partial charge in [0.1, 0.15) is 4.01 Å². The SMILES string of the molecule is CC(C)c1sc2sc(=O)sc2c1C(C)C. The Morgan fingerprint density at radius 2 is 1.60 bits per heavy atom. The number of hydrogen-bond acceptors (Lipinski definition) is 4. The van der Waals surface area contributed by atoms with E-state index in [1.807, 2.05) is 11.3 Å². The second kappa shape index (κ2) is 4.00. The van der Waals surface area contributed by atoms with Gasteiger partial charge in [0.15, 0.2) is 0 Å². The Kier molecular flexibility index (Phi) is 3.01. The Morgan fingerprint density at radius 3 is 2.13 bits per heavy atom. The van der Waals surface area contributed by atoms with E-state index < -0.39 is 0 Å². The van der Waals surface area contributed by atoms with Crippen molar-refractivity contribution in [2.45, 2.75) is 39.5 Å². The summed E-state index contributed by atoms with van der Waals surface area (Å²) in [4.78, 5) is 12.8. The fraction of sp³-hybridized carbons (Fsp3) is 0.545. The first-order valence-electron chi connectivity index (χ1n) is 5.07. The van der Waals surface area contributed by atoms with E-state index in [4.69, 9.17) is 0 Å². The first-order chi connectivity index (χ1) is 7.00. The highest BCUT2D eigenvalue weighted by molar-refractivity contribution is 7.46. The van der Waals surface area contributed by atoms with Crippen molar-refractivity contribution in [2.24, 2.45) is 0 Å². The van der Waals surface area contributed by atoms with Crippen LogP contribution in [-0.2, 0) is 0 Å². The van der Waals surface area contributed by atoms with Crippen LogP contribution in [0.5, 0.6) is 0 Å². The molecule has 0 aliphatic carbocycles. The van der Waals surface area contributed by atoms with Crippen LogP contribution in [0.1, 0.15) is 50.0 Å². The summed E-state index contributed by atoms with van der Waals surface area (Å²) in [5.74, 6) is 1.08. The van der Waals surface area contributed by atoms with Crippen LogP contribution in [0.4, 0.5) is 0 Å². The lowest BCUT2D eigenvalue weighted by atomic mass is 9.99. The zero-order valence-corrected chi connectivity index (χ0v) is 11.7. The topological polar surface area (TPSA) is 17.1 Å². The van der Waals surface area contributed by atoms with Crippen molar-refractivity contribution >= 4 is 42.7 Å². The molecule has 4 heteroatoms. The molecule has 0 amide bonds. The van der Waals surface area contributed by atoms with Gasteiger partial charge in [0.25, 0.3) is 4.06 Å². The van der Waals surface area contributed by atoms with Crippen molar-refractivity contribution < 1.29 is 0 Å². The highest BCUT2D eigenvalue weighted by Crippen LogP contribution is 2.42. The molecule has 0 radical (unpaired) electrons. The summed E-state index contributed by atoms with van der Waals surface area (Å²) in [5, 5.41) is 0. The first-order valence-corrected chi connectivity index (χ1v) is 7.52. The quantitative estimate of drug-likeness (QED) is 0.767. The molecule has 0 aliphatic rings. The molecule has 0 spiro atoms. The van der Waals surface area contributed by atoms with Crippen molar-refractivity contribution in [3.63, 3.8) is 0 Å². The van der Waals surface area contributed by atoms with E-state index in [2.05, 4.69) is 27.7 Å². The van der Waals surface area contributed by atoms with Gasteiger partial charge in [0.2, 0.25) is 0 Å². The van der Waals surface area contributed by atoms with Crippen LogP contribution in [0.2, 0.25) is 0 Å². The summed E-state index contributed by atoms with van der Waals surface area (Å²) in [7, 11) is 0. The Morgan fingerprint density at radius 1 is 0.933 bits per heavy atom. The van der Waals surface area contributed by atoms with Crippen LogP contribution in [0.15, 0.2) is 4.79 Å². The predicted octanol–water partition coefficient (Wildman–Crippen LogP) is 4.63. The van der Waals surface area contributed by atoms with Gasteiger partial charge in [-0.25, -0.2) is 0 Å². The number of thiophene rings is 1. The van der Waals surface area contributed by atoms with Gasteiger partial charge in [-0.3, -0.25) is 4.79 Å². The van der Waals surface area contributed by atoms with Crippen molar-refractivity contribution in [3.05, 3.63) is 19.3 Å². The van der Waals surface area contributed by atoms with E-state index in [1.165, 1.54) is 41.8 Å². The monoisotopic (exact) mass is 258 g/mol. The highest BCUT2D eigenvalue weighted by Gasteiger charge is 2.19. The van der Waals surface area contributed by atoms with E-state index in [1.54, 1.807) is 0 Å². The van der Waals surface area contributed by atoms with Crippen LogP contribution in [0, 0.1) is 0 Å². The Hall–Kier alpha value is -0.190. The van der Waals surface area contributed by atoms with Crippen molar-refractivity contribution in [3.8, 4) is 0 Å². The number of hydrogen-bond donors (Lipinski definition) is 0. The number of fused-ring (bicyclic) bond motifs is 1. The molecule has 0 atom stereocenters. The smallest absolute Gasteiger partial charge is 0.265 e. The lowest BCUT2D eigenvalue weighted by Gasteiger charge is -2.09. The fourth-order valence-electron chi connectivity index (χ4n) is 1.74. The summed E-state index contributed by atoms with van der Waals surface area (Å²) in [5.41, 5.74) is 1.41. The minimum atomic E-state index is 0.230. The van der Waals surface area contributed by atoms with E-state index >= 15 is 0 Å². The average molecular weight is 258 g/mol. The molecule has 1 nitrogen and oxygen atoms in total. The maximum atomic E-state index is 11.3. The molecular weight excluding hydrogens is 244 g/mol. The van der Waals surface area contributed by atoms with Crippen LogP contribution >= 0.6 is 34.0 Å². The van der Waals surface area contributed by atoms with E-state index in [0.29, 0.717) is 11.8 Å². The third-order valence-corrected chi connectivity index (χ3v) is 6.27. The van der Waals surface area contributed by atoms with Gasteiger partial charge in [-0.05, 0) is 17.4 Å². The van der Waals surface area contributed by atoms with Crippen molar-refractivity contribution in [2.75, 3.05) is 0 Å². The maximum Gasteiger partial charge on any atom is 0.289 e. The lowest BCUT2D eigenvalue weighted by molar-refractivity contribution is 0.816. The average Bonchev–Trinajstić information content (AvgIpc) is 2.58. The van der Waals surface area contributed by atoms with Gasteiger partial charge in [0.05, 0.1) is 4.70 Å². The Bertz CT molecular complexity index is 528. The molecule has 0 aliphatic heterocycles. The molecule has 2 aromatic heterocycles. The molecule has 0 aromatic carbocycles. The molecule has 0 N–H and O–H groups in total. The Balaban J connectivity index is 2.77. The zero-order chi connectivity index (χ0) is 11.2. The molecule has 0 fully saturated rings. The van der Waals surface area contributed by atoms with E-state index in [9.17, 15) is 4.79 Å². The second-order valence-corrected chi connectivity index (χ2v) is 7.80. The third kappa shape index (κ3) is 1.90. The second-order valence-electron chi connectivity index (χ2n) is 4.26. The largest absolute Gasteiger partial charge is 0.289 e. The van der Waals surface area contributed by atoms with Crippen molar-refractivity contribution in [1.29, 1.82) is 0 Å². The molecular formula is C11H14OS3. The Labute approximate surface area is 101 Å². The van der Waals surface area contributed by atoms with Gasteiger partial charge in [-0.15, -0.1) is 11.3 Å². The summed E-state index contributed by atoms with van der Waals surface area (Å²) in [6, 6.07) is 0. The molecule has 2 heterocycles. The molecule has 2 aromatic rings. The number of rotatable bonds is 2. The maximum absolute atomic E-state index is 11.3. The van der Waals surface area contributed by atoms with Crippen LogP contribution in [0.3, 0.4) is 0 Å².